The monoisotopic (exact) mass is 475 g/mol. The third kappa shape index (κ3) is 4.33. The fraction of sp³-hybridized carbons (Fsp3) is 0.318. The van der Waals surface area contributed by atoms with Crippen molar-refractivity contribution in [2.75, 3.05) is 26.5 Å². The van der Waals surface area contributed by atoms with Gasteiger partial charge in [0.25, 0.3) is 5.91 Å². The van der Waals surface area contributed by atoms with Crippen molar-refractivity contribution >= 4 is 29.1 Å². The third-order valence-electron chi connectivity index (χ3n) is 5.43. The average Bonchev–Trinajstić information content (AvgIpc) is 3.47. The van der Waals surface area contributed by atoms with Gasteiger partial charge < -0.3 is 23.5 Å². The molecule has 1 fully saturated rings. The summed E-state index contributed by atoms with van der Waals surface area (Å²) in [6.07, 6.45) is 1.69. The van der Waals surface area contributed by atoms with E-state index in [0.717, 1.165) is 18.4 Å². The molecule has 1 unspecified atom stereocenters. The van der Waals surface area contributed by atoms with Gasteiger partial charge in [-0.05, 0) is 49.2 Å². The Bertz CT molecular complexity index is 1150. The number of rotatable bonds is 5. The Kier molecular flexibility index (Phi) is 5.80. The lowest BCUT2D eigenvalue weighted by Crippen LogP contribution is -2.41. The minimum atomic E-state index is -0.128. The highest BCUT2D eigenvalue weighted by Crippen LogP contribution is 2.36. The molecule has 1 aromatic heterocycles. The van der Waals surface area contributed by atoms with Gasteiger partial charge in [0.1, 0.15) is 5.75 Å². The van der Waals surface area contributed by atoms with Gasteiger partial charge in [0.2, 0.25) is 18.6 Å². The average molecular weight is 476 g/mol. The minimum Gasteiger partial charge on any atom is -0.482 e. The second kappa shape index (κ2) is 8.88. The summed E-state index contributed by atoms with van der Waals surface area (Å²) in [5.41, 5.74) is 0.755. The molecule has 3 aromatic rings. The van der Waals surface area contributed by atoms with Crippen LogP contribution in [0.15, 0.2) is 40.8 Å². The van der Waals surface area contributed by atoms with Gasteiger partial charge >= 0.3 is 0 Å². The van der Waals surface area contributed by atoms with Crippen LogP contribution in [0.2, 0.25) is 10.0 Å². The highest BCUT2D eigenvalue weighted by atomic mass is 35.5. The Morgan fingerprint density at radius 2 is 2.00 bits per heavy atom. The molecule has 0 spiro atoms. The molecule has 166 valence electrons. The van der Waals surface area contributed by atoms with Crippen LogP contribution in [-0.2, 0) is 4.79 Å². The van der Waals surface area contributed by atoms with Crippen molar-refractivity contribution in [1.29, 1.82) is 0 Å². The molecule has 2 aliphatic heterocycles. The quantitative estimate of drug-likeness (QED) is 0.534. The molecular weight excluding hydrogens is 457 g/mol. The molecule has 5 rings (SSSR count). The van der Waals surface area contributed by atoms with E-state index in [9.17, 15) is 4.79 Å². The molecule has 1 saturated heterocycles. The van der Waals surface area contributed by atoms with E-state index >= 15 is 0 Å². The van der Waals surface area contributed by atoms with Crippen LogP contribution in [0.1, 0.15) is 24.7 Å². The molecule has 0 N–H and O–H groups in total. The number of piperidine rings is 1. The van der Waals surface area contributed by atoms with Gasteiger partial charge in [-0.3, -0.25) is 4.79 Å². The first-order valence-corrected chi connectivity index (χ1v) is 10.9. The van der Waals surface area contributed by atoms with Crippen LogP contribution in [0.5, 0.6) is 17.2 Å². The zero-order valence-corrected chi connectivity index (χ0v) is 18.4. The van der Waals surface area contributed by atoms with Gasteiger partial charge in [-0.2, -0.15) is 0 Å². The number of halogens is 2. The van der Waals surface area contributed by atoms with Gasteiger partial charge in [0.05, 0.1) is 10.9 Å². The summed E-state index contributed by atoms with van der Waals surface area (Å²) in [5.74, 6) is 2.51. The van der Waals surface area contributed by atoms with Crippen LogP contribution < -0.4 is 14.2 Å². The number of nitrogens with zero attached hydrogens (tertiary/aromatic N) is 3. The van der Waals surface area contributed by atoms with E-state index in [2.05, 4.69) is 10.2 Å². The summed E-state index contributed by atoms with van der Waals surface area (Å²) < 4.78 is 22.3. The molecule has 3 heterocycles. The van der Waals surface area contributed by atoms with Crippen LogP contribution >= 0.6 is 23.2 Å². The standard InChI is InChI=1S/C22H19Cl2N3O5/c23-15-4-6-17(16(24)9-15)29-11-20(28)27-7-1-2-14(10-27)22-26-25-21(32-22)13-3-5-18-19(8-13)31-12-30-18/h3-6,8-9,14H,1-2,7,10-12H2. The number of fused-ring (bicyclic) bond motifs is 1. The maximum atomic E-state index is 12.7. The minimum absolute atomic E-state index is 0.0397. The first kappa shape index (κ1) is 20.9. The molecule has 0 saturated carbocycles. The van der Waals surface area contributed by atoms with Gasteiger partial charge in [0.15, 0.2) is 18.1 Å². The first-order chi connectivity index (χ1) is 15.6. The highest BCUT2D eigenvalue weighted by Gasteiger charge is 2.29. The maximum absolute atomic E-state index is 12.7. The van der Waals surface area contributed by atoms with Crippen molar-refractivity contribution in [2.45, 2.75) is 18.8 Å². The Morgan fingerprint density at radius 1 is 1.12 bits per heavy atom. The van der Waals surface area contributed by atoms with Crippen molar-refractivity contribution < 1.29 is 23.4 Å². The summed E-state index contributed by atoms with van der Waals surface area (Å²) in [6.45, 7) is 1.23. The molecule has 8 nitrogen and oxygen atoms in total. The number of hydrogen-bond donors (Lipinski definition) is 0. The topological polar surface area (TPSA) is 86.9 Å². The van der Waals surface area contributed by atoms with Crippen LogP contribution in [0.3, 0.4) is 0 Å². The van der Waals surface area contributed by atoms with Crippen molar-refractivity contribution in [3.63, 3.8) is 0 Å². The second-order valence-electron chi connectivity index (χ2n) is 7.56. The fourth-order valence-electron chi connectivity index (χ4n) is 3.77. The number of ether oxygens (including phenoxy) is 3. The zero-order chi connectivity index (χ0) is 22.1. The van der Waals surface area contributed by atoms with Crippen LogP contribution in [-0.4, -0.2) is 47.5 Å². The molecule has 1 atom stereocenters. The van der Waals surface area contributed by atoms with E-state index in [1.165, 1.54) is 0 Å². The molecule has 0 aliphatic carbocycles. The lowest BCUT2D eigenvalue weighted by Gasteiger charge is -2.31. The Labute approximate surface area is 194 Å². The number of amides is 1. The van der Waals surface area contributed by atoms with Crippen molar-refractivity contribution in [3.8, 4) is 28.7 Å². The molecule has 0 radical (unpaired) electrons. The Hall–Kier alpha value is -2.97. The normalized spacial score (nSPS) is 17.4. The van der Waals surface area contributed by atoms with Gasteiger partial charge in [-0.1, -0.05) is 23.2 Å². The summed E-state index contributed by atoms with van der Waals surface area (Å²) in [4.78, 5) is 14.5. The number of hydrogen-bond acceptors (Lipinski definition) is 7. The molecule has 32 heavy (non-hydrogen) atoms. The van der Waals surface area contributed by atoms with Crippen molar-refractivity contribution in [2.24, 2.45) is 0 Å². The van der Waals surface area contributed by atoms with Crippen molar-refractivity contribution in [3.05, 3.63) is 52.3 Å². The van der Waals surface area contributed by atoms with E-state index in [0.29, 0.717) is 52.2 Å². The molecule has 1 amide bonds. The number of carbonyl (C=O) groups is 1. The molecule has 0 bridgehead atoms. The number of aromatic nitrogens is 2. The third-order valence-corrected chi connectivity index (χ3v) is 5.96. The SMILES string of the molecule is O=C(COc1ccc(Cl)cc1Cl)N1CCCC(c2nnc(-c3ccc4c(c3)OCO4)o2)C1. The predicted octanol–water partition coefficient (Wildman–Crippen LogP) is 4.56. The first-order valence-electron chi connectivity index (χ1n) is 10.2. The summed E-state index contributed by atoms with van der Waals surface area (Å²) >= 11 is 12.0. The maximum Gasteiger partial charge on any atom is 0.260 e. The zero-order valence-electron chi connectivity index (χ0n) is 16.9. The lowest BCUT2D eigenvalue weighted by atomic mass is 9.98. The smallest absolute Gasteiger partial charge is 0.260 e. The van der Waals surface area contributed by atoms with Gasteiger partial charge in [-0.15, -0.1) is 10.2 Å². The van der Waals surface area contributed by atoms with Crippen LogP contribution in [0, 0.1) is 0 Å². The number of likely N-dealkylation sites (tertiary alicyclic amines) is 1. The van der Waals surface area contributed by atoms with E-state index in [-0.39, 0.29) is 25.2 Å². The van der Waals surface area contributed by atoms with Gasteiger partial charge in [-0.25, -0.2) is 0 Å². The fourth-order valence-corrected chi connectivity index (χ4v) is 4.24. The van der Waals surface area contributed by atoms with Crippen LogP contribution in [0.25, 0.3) is 11.5 Å². The van der Waals surface area contributed by atoms with Gasteiger partial charge in [0, 0.05) is 23.7 Å². The molecule has 2 aliphatic rings. The van der Waals surface area contributed by atoms with Crippen LogP contribution in [0.4, 0.5) is 0 Å². The van der Waals surface area contributed by atoms with E-state index in [1.54, 1.807) is 23.1 Å². The summed E-state index contributed by atoms with van der Waals surface area (Å²) in [5, 5.41) is 9.28. The Balaban J connectivity index is 1.23. The predicted molar refractivity (Wildman–Crippen MR) is 116 cm³/mol. The molecule has 10 heteroatoms. The van der Waals surface area contributed by atoms with E-state index < -0.39 is 0 Å². The van der Waals surface area contributed by atoms with E-state index in [4.69, 9.17) is 41.8 Å². The van der Waals surface area contributed by atoms with E-state index in [1.807, 2.05) is 18.2 Å². The summed E-state index contributed by atoms with van der Waals surface area (Å²) in [7, 11) is 0. The largest absolute Gasteiger partial charge is 0.482 e. The van der Waals surface area contributed by atoms with Crippen molar-refractivity contribution in [1.82, 2.24) is 15.1 Å². The number of benzene rings is 2. The lowest BCUT2D eigenvalue weighted by molar-refractivity contribution is -0.134. The second-order valence-corrected chi connectivity index (χ2v) is 8.40. The summed E-state index contributed by atoms with van der Waals surface area (Å²) in [6, 6.07) is 10.4. The number of carbonyl (C=O) groups excluding carboxylic acids is 1. The highest BCUT2D eigenvalue weighted by molar-refractivity contribution is 6.35. The Morgan fingerprint density at radius 3 is 2.88 bits per heavy atom. The molecular formula is C22H19Cl2N3O5. The molecule has 2 aromatic carbocycles.